The third-order valence-corrected chi connectivity index (χ3v) is 4.02. The van der Waals surface area contributed by atoms with Gasteiger partial charge in [-0.05, 0) is 53.8 Å². The number of halogens is 1. The largest absolute Gasteiger partial charge is 0.479 e. The third kappa shape index (κ3) is 3.19. The van der Waals surface area contributed by atoms with Crippen molar-refractivity contribution in [3.05, 3.63) is 63.4 Å². The van der Waals surface area contributed by atoms with Crippen molar-refractivity contribution in [2.24, 2.45) is 4.99 Å². The summed E-state index contributed by atoms with van der Waals surface area (Å²) in [5.41, 5.74) is 3.10. The number of benzene rings is 2. The second-order valence-electron chi connectivity index (χ2n) is 4.79. The topological polar surface area (TPSA) is 58.6 Å². The fourth-order valence-electron chi connectivity index (χ4n) is 1.91. The van der Waals surface area contributed by atoms with Crippen LogP contribution < -0.4 is 0 Å². The van der Waals surface area contributed by atoms with Gasteiger partial charge in [0, 0.05) is 9.13 Å². The zero-order valence-corrected chi connectivity index (χ0v) is 14.0. The van der Waals surface area contributed by atoms with Gasteiger partial charge in [0.2, 0.25) is 5.89 Å². The minimum Gasteiger partial charge on any atom is -0.479 e. The summed E-state index contributed by atoms with van der Waals surface area (Å²) in [5.74, 6) is 0.145. The molecule has 0 saturated carbocycles. The Morgan fingerprint density at radius 1 is 1.14 bits per heavy atom. The molecule has 0 saturated heterocycles. The van der Waals surface area contributed by atoms with E-state index in [0.29, 0.717) is 11.6 Å². The van der Waals surface area contributed by atoms with Crippen LogP contribution in [0.4, 0.5) is 5.69 Å². The Balaban J connectivity index is 1.90. The van der Waals surface area contributed by atoms with Crippen molar-refractivity contribution in [1.82, 2.24) is 4.98 Å². The van der Waals surface area contributed by atoms with Gasteiger partial charge in [0.15, 0.2) is 5.69 Å². The van der Waals surface area contributed by atoms with Crippen molar-refractivity contribution in [3.8, 4) is 17.4 Å². The average Bonchev–Trinajstić information content (AvgIpc) is 2.88. The van der Waals surface area contributed by atoms with Crippen molar-refractivity contribution in [2.45, 2.75) is 6.92 Å². The van der Waals surface area contributed by atoms with Gasteiger partial charge in [-0.15, -0.1) is 0 Å². The highest BCUT2D eigenvalue weighted by Crippen LogP contribution is 2.26. The van der Waals surface area contributed by atoms with Gasteiger partial charge in [0.25, 0.3) is 0 Å². The molecule has 0 radical (unpaired) electrons. The van der Waals surface area contributed by atoms with Gasteiger partial charge >= 0.3 is 5.95 Å². The summed E-state index contributed by atoms with van der Waals surface area (Å²) in [6, 6.07) is 15.5. The fraction of sp³-hybridized carbons (Fsp3) is 0.0588. The maximum absolute atomic E-state index is 9.87. The third-order valence-electron chi connectivity index (χ3n) is 3.11. The van der Waals surface area contributed by atoms with Crippen LogP contribution in [-0.2, 0) is 0 Å². The maximum Gasteiger partial charge on any atom is 0.312 e. The van der Waals surface area contributed by atoms with Gasteiger partial charge in [-0.2, -0.15) is 0 Å². The SMILES string of the molecule is Cc1ccc(-c2nc(C=Nc3ccccc3I)c(O)o2)cc1. The summed E-state index contributed by atoms with van der Waals surface area (Å²) in [4.78, 5) is 8.63. The van der Waals surface area contributed by atoms with Gasteiger partial charge in [0.05, 0.1) is 11.9 Å². The molecule has 0 unspecified atom stereocenters. The van der Waals surface area contributed by atoms with Gasteiger partial charge in [0.1, 0.15) is 0 Å². The summed E-state index contributed by atoms with van der Waals surface area (Å²) in [6.07, 6.45) is 1.51. The van der Waals surface area contributed by atoms with Crippen LogP contribution in [0.2, 0.25) is 0 Å². The molecular formula is C17H13IN2O2. The number of aliphatic imine (C=N–C) groups is 1. The number of rotatable bonds is 3. The molecule has 2 aromatic carbocycles. The molecule has 1 N–H and O–H groups in total. The Hall–Kier alpha value is -2.15. The van der Waals surface area contributed by atoms with E-state index in [2.05, 4.69) is 32.6 Å². The maximum atomic E-state index is 9.87. The fourth-order valence-corrected chi connectivity index (χ4v) is 2.44. The van der Waals surface area contributed by atoms with Crippen LogP contribution in [0.1, 0.15) is 11.3 Å². The van der Waals surface area contributed by atoms with Gasteiger partial charge in [-0.1, -0.05) is 29.8 Å². The van der Waals surface area contributed by atoms with E-state index in [4.69, 9.17) is 4.42 Å². The molecule has 4 nitrogen and oxygen atoms in total. The zero-order chi connectivity index (χ0) is 15.5. The number of aromatic nitrogens is 1. The number of hydrogen-bond acceptors (Lipinski definition) is 4. The number of aromatic hydroxyl groups is 1. The normalized spacial score (nSPS) is 11.2. The molecular weight excluding hydrogens is 391 g/mol. The first kappa shape index (κ1) is 14.8. The summed E-state index contributed by atoms with van der Waals surface area (Å²) in [7, 11) is 0. The van der Waals surface area contributed by atoms with E-state index in [1.807, 2.05) is 55.5 Å². The number of aryl methyl sites for hydroxylation is 1. The molecule has 0 aliphatic carbocycles. The number of hydrogen-bond donors (Lipinski definition) is 1. The molecule has 1 aromatic heterocycles. The monoisotopic (exact) mass is 404 g/mol. The second-order valence-corrected chi connectivity index (χ2v) is 5.95. The Kier molecular flexibility index (Phi) is 4.24. The van der Waals surface area contributed by atoms with Crippen LogP contribution in [0.3, 0.4) is 0 Å². The lowest BCUT2D eigenvalue weighted by Crippen LogP contribution is -1.83. The molecule has 0 aliphatic rings. The molecule has 0 fully saturated rings. The molecule has 0 aliphatic heterocycles. The molecule has 0 bridgehead atoms. The summed E-state index contributed by atoms with van der Waals surface area (Å²) in [6.45, 7) is 2.01. The quantitative estimate of drug-likeness (QED) is 0.508. The first-order valence-corrected chi connectivity index (χ1v) is 7.77. The minimum atomic E-state index is -0.231. The number of para-hydroxylation sites is 1. The smallest absolute Gasteiger partial charge is 0.312 e. The van der Waals surface area contributed by atoms with Gasteiger partial charge < -0.3 is 9.52 Å². The number of oxazole rings is 1. The predicted molar refractivity (Wildman–Crippen MR) is 94.8 cm³/mol. The Bertz CT molecular complexity index is 823. The highest BCUT2D eigenvalue weighted by molar-refractivity contribution is 14.1. The Morgan fingerprint density at radius 2 is 1.86 bits per heavy atom. The van der Waals surface area contributed by atoms with E-state index in [9.17, 15) is 5.11 Å². The molecule has 1 heterocycles. The lowest BCUT2D eigenvalue weighted by atomic mass is 10.1. The van der Waals surface area contributed by atoms with Crippen molar-refractivity contribution < 1.29 is 9.52 Å². The first-order chi connectivity index (χ1) is 10.6. The van der Waals surface area contributed by atoms with Gasteiger partial charge in [-0.3, -0.25) is 4.99 Å². The van der Waals surface area contributed by atoms with Crippen LogP contribution in [-0.4, -0.2) is 16.3 Å². The molecule has 0 atom stereocenters. The van der Waals surface area contributed by atoms with E-state index >= 15 is 0 Å². The van der Waals surface area contributed by atoms with E-state index in [-0.39, 0.29) is 5.95 Å². The van der Waals surface area contributed by atoms with Crippen LogP contribution in [0.25, 0.3) is 11.5 Å². The van der Waals surface area contributed by atoms with E-state index in [1.165, 1.54) is 6.21 Å². The predicted octanol–water partition coefficient (Wildman–Crippen LogP) is 4.71. The van der Waals surface area contributed by atoms with E-state index < -0.39 is 0 Å². The summed E-state index contributed by atoms with van der Waals surface area (Å²) < 4.78 is 6.34. The molecule has 5 heteroatoms. The second kappa shape index (κ2) is 6.31. The highest BCUT2D eigenvalue weighted by Gasteiger charge is 2.12. The van der Waals surface area contributed by atoms with Crippen molar-refractivity contribution >= 4 is 34.5 Å². The molecule has 0 spiro atoms. The zero-order valence-electron chi connectivity index (χ0n) is 11.8. The average molecular weight is 404 g/mol. The van der Waals surface area contributed by atoms with Crippen molar-refractivity contribution in [3.63, 3.8) is 0 Å². The van der Waals surface area contributed by atoms with Crippen LogP contribution in [0.15, 0.2) is 57.9 Å². The van der Waals surface area contributed by atoms with Gasteiger partial charge in [-0.25, -0.2) is 4.98 Å². The van der Waals surface area contributed by atoms with Crippen LogP contribution in [0, 0.1) is 10.5 Å². The lowest BCUT2D eigenvalue weighted by Gasteiger charge is -1.95. The standard InChI is InChI=1S/C17H13IN2O2/c1-11-6-8-12(9-7-11)16-20-15(17(21)22-16)10-19-14-5-3-2-4-13(14)18/h2-10,21H,1H3. The molecule has 110 valence electrons. The van der Waals surface area contributed by atoms with Crippen LogP contribution >= 0.6 is 22.6 Å². The summed E-state index contributed by atoms with van der Waals surface area (Å²) in [5, 5.41) is 9.87. The Labute approximate surface area is 141 Å². The molecule has 22 heavy (non-hydrogen) atoms. The molecule has 3 aromatic rings. The highest BCUT2D eigenvalue weighted by atomic mass is 127. The van der Waals surface area contributed by atoms with E-state index in [1.54, 1.807) is 0 Å². The molecule has 0 amide bonds. The summed E-state index contributed by atoms with van der Waals surface area (Å²) >= 11 is 2.21. The minimum absolute atomic E-state index is 0.231. The number of nitrogens with zero attached hydrogens (tertiary/aromatic N) is 2. The lowest BCUT2D eigenvalue weighted by molar-refractivity contribution is 0.337. The molecule has 3 rings (SSSR count). The Morgan fingerprint density at radius 3 is 2.59 bits per heavy atom. The van der Waals surface area contributed by atoms with E-state index in [0.717, 1.165) is 20.4 Å². The first-order valence-electron chi connectivity index (χ1n) is 6.69. The van der Waals surface area contributed by atoms with Crippen LogP contribution in [0.5, 0.6) is 5.95 Å². The van der Waals surface area contributed by atoms with Crippen molar-refractivity contribution in [2.75, 3.05) is 0 Å². The van der Waals surface area contributed by atoms with Crippen molar-refractivity contribution in [1.29, 1.82) is 0 Å².